The summed E-state index contributed by atoms with van der Waals surface area (Å²) in [6, 6.07) is 2.58. The van der Waals surface area contributed by atoms with E-state index in [1.54, 1.807) is 0 Å². The number of methoxy groups -OCH3 is 2. The Kier molecular flexibility index (Phi) is 3.71. The average Bonchev–Trinajstić information content (AvgIpc) is 2.17. The van der Waals surface area contributed by atoms with Crippen LogP contribution in [-0.4, -0.2) is 25.9 Å². The molecular formula is C10H13FO3. The van der Waals surface area contributed by atoms with Crippen molar-refractivity contribution in [2.24, 2.45) is 0 Å². The lowest BCUT2D eigenvalue weighted by Gasteiger charge is -2.11. The van der Waals surface area contributed by atoms with Crippen molar-refractivity contribution in [1.82, 2.24) is 0 Å². The molecule has 0 saturated carbocycles. The zero-order chi connectivity index (χ0) is 10.6. The molecule has 1 aromatic rings. The van der Waals surface area contributed by atoms with E-state index in [4.69, 9.17) is 14.6 Å². The van der Waals surface area contributed by atoms with Gasteiger partial charge in [0.15, 0.2) is 11.5 Å². The highest BCUT2D eigenvalue weighted by atomic mass is 19.1. The van der Waals surface area contributed by atoms with E-state index in [1.807, 2.05) is 0 Å². The fourth-order valence-corrected chi connectivity index (χ4v) is 1.31. The van der Waals surface area contributed by atoms with Gasteiger partial charge in [0.2, 0.25) is 0 Å². The van der Waals surface area contributed by atoms with Gasteiger partial charge in [-0.25, -0.2) is 4.39 Å². The topological polar surface area (TPSA) is 38.7 Å². The molecule has 0 unspecified atom stereocenters. The van der Waals surface area contributed by atoms with Crippen LogP contribution in [0.3, 0.4) is 0 Å². The van der Waals surface area contributed by atoms with Gasteiger partial charge in [-0.1, -0.05) is 0 Å². The number of hydrogen-bond donors (Lipinski definition) is 1. The lowest BCUT2D eigenvalue weighted by atomic mass is 10.1. The summed E-state index contributed by atoms with van der Waals surface area (Å²) in [5.74, 6) is 0.421. The fourth-order valence-electron chi connectivity index (χ4n) is 1.31. The molecule has 0 aliphatic carbocycles. The summed E-state index contributed by atoms with van der Waals surface area (Å²) in [6.45, 7) is -0.0526. The summed E-state index contributed by atoms with van der Waals surface area (Å²) >= 11 is 0. The molecule has 0 radical (unpaired) electrons. The van der Waals surface area contributed by atoms with Crippen molar-refractivity contribution in [2.75, 3.05) is 20.8 Å². The molecule has 0 amide bonds. The third-order valence-corrected chi connectivity index (χ3v) is 1.90. The summed E-state index contributed by atoms with van der Waals surface area (Å²) < 4.78 is 23.1. The Hall–Kier alpha value is -1.29. The molecule has 0 atom stereocenters. The van der Waals surface area contributed by atoms with E-state index >= 15 is 0 Å². The highest BCUT2D eigenvalue weighted by Crippen LogP contribution is 2.32. The molecule has 0 heterocycles. The van der Waals surface area contributed by atoms with E-state index in [0.29, 0.717) is 23.5 Å². The van der Waals surface area contributed by atoms with Crippen molar-refractivity contribution in [2.45, 2.75) is 6.42 Å². The van der Waals surface area contributed by atoms with Crippen LogP contribution < -0.4 is 9.47 Å². The Morgan fingerprint density at radius 3 is 2.50 bits per heavy atom. The predicted octanol–water partition coefficient (Wildman–Crippen LogP) is 1.38. The molecule has 0 aliphatic rings. The molecular weight excluding hydrogens is 187 g/mol. The van der Waals surface area contributed by atoms with Crippen molar-refractivity contribution >= 4 is 0 Å². The Morgan fingerprint density at radius 2 is 2.00 bits per heavy atom. The lowest BCUT2D eigenvalue weighted by Crippen LogP contribution is -1.99. The van der Waals surface area contributed by atoms with Crippen LogP contribution in [0.1, 0.15) is 5.56 Å². The van der Waals surface area contributed by atoms with Gasteiger partial charge in [0.05, 0.1) is 14.2 Å². The fraction of sp³-hybridized carbons (Fsp3) is 0.400. The first-order valence-corrected chi connectivity index (χ1v) is 4.24. The second-order valence-electron chi connectivity index (χ2n) is 2.77. The van der Waals surface area contributed by atoms with Crippen LogP contribution in [-0.2, 0) is 6.42 Å². The normalized spacial score (nSPS) is 10.0. The summed E-state index contributed by atoms with van der Waals surface area (Å²) in [5, 5.41) is 8.78. The summed E-state index contributed by atoms with van der Waals surface area (Å²) in [7, 11) is 2.93. The first kappa shape index (κ1) is 10.8. The third kappa shape index (κ3) is 2.14. The molecule has 3 nitrogen and oxygen atoms in total. The second kappa shape index (κ2) is 4.81. The van der Waals surface area contributed by atoms with Gasteiger partial charge in [-0.2, -0.15) is 0 Å². The number of ether oxygens (including phenoxy) is 2. The van der Waals surface area contributed by atoms with Crippen LogP contribution in [0.2, 0.25) is 0 Å². The molecule has 1 aromatic carbocycles. The standard InChI is InChI=1S/C10H13FO3/c1-13-9-6-8(11)5-7(3-4-12)10(9)14-2/h5-6,12H,3-4H2,1-2H3. The van der Waals surface area contributed by atoms with Gasteiger partial charge in [0.1, 0.15) is 5.82 Å². The van der Waals surface area contributed by atoms with Gasteiger partial charge in [-0.15, -0.1) is 0 Å². The van der Waals surface area contributed by atoms with Gasteiger partial charge < -0.3 is 14.6 Å². The highest BCUT2D eigenvalue weighted by Gasteiger charge is 2.11. The van der Waals surface area contributed by atoms with Crippen molar-refractivity contribution in [3.63, 3.8) is 0 Å². The largest absolute Gasteiger partial charge is 0.493 e. The highest BCUT2D eigenvalue weighted by molar-refractivity contribution is 5.47. The summed E-state index contributed by atoms with van der Waals surface area (Å²) in [6.07, 6.45) is 0.345. The first-order chi connectivity index (χ1) is 6.72. The third-order valence-electron chi connectivity index (χ3n) is 1.90. The Labute approximate surface area is 82.1 Å². The van der Waals surface area contributed by atoms with E-state index in [9.17, 15) is 4.39 Å². The summed E-state index contributed by atoms with van der Waals surface area (Å²) in [4.78, 5) is 0. The molecule has 0 bridgehead atoms. The molecule has 0 saturated heterocycles. The number of benzene rings is 1. The van der Waals surface area contributed by atoms with E-state index in [1.165, 1.54) is 26.4 Å². The van der Waals surface area contributed by atoms with E-state index in [2.05, 4.69) is 0 Å². The van der Waals surface area contributed by atoms with Gasteiger partial charge in [-0.3, -0.25) is 0 Å². The number of halogens is 1. The number of aliphatic hydroxyl groups is 1. The number of hydrogen-bond acceptors (Lipinski definition) is 3. The average molecular weight is 200 g/mol. The van der Waals surface area contributed by atoms with E-state index in [-0.39, 0.29) is 6.61 Å². The molecule has 0 aliphatic heterocycles. The van der Waals surface area contributed by atoms with Crippen molar-refractivity contribution in [1.29, 1.82) is 0 Å². The van der Waals surface area contributed by atoms with Crippen molar-refractivity contribution < 1.29 is 19.0 Å². The quantitative estimate of drug-likeness (QED) is 0.798. The van der Waals surface area contributed by atoms with E-state index < -0.39 is 5.82 Å². The maximum absolute atomic E-state index is 13.0. The molecule has 4 heteroatoms. The maximum Gasteiger partial charge on any atom is 0.164 e. The number of aliphatic hydroxyl groups excluding tert-OH is 1. The Balaban J connectivity index is 3.17. The van der Waals surface area contributed by atoms with Crippen LogP contribution in [0.15, 0.2) is 12.1 Å². The minimum Gasteiger partial charge on any atom is -0.493 e. The smallest absolute Gasteiger partial charge is 0.164 e. The van der Waals surface area contributed by atoms with Crippen LogP contribution in [0.25, 0.3) is 0 Å². The van der Waals surface area contributed by atoms with Gasteiger partial charge in [0, 0.05) is 18.2 Å². The van der Waals surface area contributed by atoms with Gasteiger partial charge in [0.25, 0.3) is 0 Å². The second-order valence-corrected chi connectivity index (χ2v) is 2.77. The SMILES string of the molecule is COc1cc(F)cc(CCO)c1OC. The predicted molar refractivity (Wildman–Crippen MR) is 50.3 cm³/mol. The zero-order valence-electron chi connectivity index (χ0n) is 8.21. The van der Waals surface area contributed by atoms with Crippen molar-refractivity contribution in [3.05, 3.63) is 23.5 Å². The number of rotatable bonds is 4. The van der Waals surface area contributed by atoms with Crippen LogP contribution in [0, 0.1) is 5.82 Å². The molecule has 1 N–H and O–H groups in total. The van der Waals surface area contributed by atoms with Gasteiger partial charge in [-0.05, 0) is 12.5 Å². The molecule has 14 heavy (non-hydrogen) atoms. The van der Waals surface area contributed by atoms with Crippen LogP contribution >= 0.6 is 0 Å². The Bertz CT molecular complexity index is 312. The molecule has 0 aromatic heterocycles. The molecule has 0 fully saturated rings. The maximum atomic E-state index is 13.0. The van der Waals surface area contributed by atoms with E-state index in [0.717, 1.165) is 0 Å². The molecule has 78 valence electrons. The van der Waals surface area contributed by atoms with Crippen LogP contribution in [0.4, 0.5) is 4.39 Å². The summed E-state index contributed by atoms with van der Waals surface area (Å²) in [5.41, 5.74) is 0.604. The molecule has 0 spiro atoms. The lowest BCUT2D eigenvalue weighted by molar-refractivity contribution is 0.294. The minimum absolute atomic E-state index is 0.0526. The Morgan fingerprint density at radius 1 is 1.29 bits per heavy atom. The zero-order valence-corrected chi connectivity index (χ0v) is 8.21. The van der Waals surface area contributed by atoms with Crippen LogP contribution in [0.5, 0.6) is 11.5 Å². The minimum atomic E-state index is -0.397. The molecule has 1 rings (SSSR count). The first-order valence-electron chi connectivity index (χ1n) is 4.24. The van der Waals surface area contributed by atoms with Gasteiger partial charge >= 0.3 is 0 Å². The van der Waals surface area contributed by atoms with Crippen molar-refractivity contribution in [3.8, 4) is 11.5 Å². The monoisotopic (exact) mass is 200 g/mol.